The fourth-order valence-electron chi connectivity index (χ4n) is 0.741. The summed E-state index contributed by atoms with van der Waals surface area (Å²) in [5.41, 5.74) is 2.97. The first-order chi connectivity index (χ1) is 5.77. The lowest BCUT2D eigenvalue weighted by molar-refractivity contribution is 0.0234. The zero-order valence-corrected chi connectivity index (χ0v) is 9.25. The zero-order chi connectivity index (χ0) is 9.23. The zero-order valence-electron chi connectivity index (χ0n) is 8.43. The van der Waals surface area contributed by atoms with Crippen LogP contribution in [-0.4, -0.2) is 25.2 Å². The van der Waals surface area contributed by atoms with Gasteiger partial charge in [-0.2, -0.15) is 11.8 Å². The molecule has 12 heavy (non-hydrogen) atoms. The number of hydrogen-bond acceptors (Lipinski definition) is 3. The van der Waals surface area contributed by atoms with Gasteiger partial charge in [-0.05, 0) is 30.8 Å². The van der Waals surface area contributed by atoms with Gasteiger partial charge in [0.25, 0.3) is 0 Å². The molecule has 0 amide bonds. The number of rotatable bonds is 8. The second kappa shape index (κ2) is 9.36. The number of hydrogen-bond donors (Lipinski definition) is 1. The Morgan fingerprint density at radius 2 is 2.08 bits per heavy atom. The van der Waals surface area contributed by atoms with Crippen LogP contribution < -0.4 is 5.48 Å². The molecule has 0 saturated carbocycles. The predicted molar refractivity (Wildman–Crippen MR) is 56.4 cm³/mol. The standard InChI is InChI=1S/C9H21NOS/c1-9(2)8-11-10-6-4-5-7-12-3/h9-10H,4-8H2,1-3H3. The maximum Gasteiger partial charge on any atom is 0.0705 e. The van der Waals surface area contributed by atoms with Crippen molar-refractivity contribution in [1.29, 1.82) is 0 Å². The van der Waals surface area contributed by atoms with E-state index in [4.69, 9.17) is 4.84 Å². The number of hydroxylamine groups is 1. The van der Waals surface area contributed by atoms with E-state index < -0.39 is 0 Å². The molecule has 0 atom stereocenters. The lowest BCUT2D eigenvalue weighted by Crippen LogP contribution is -2.19. The Bertz CT molecular complexity index is 88.6. The lowest BCUT2D eigenvalue weighted by atomic mass is 10.2. The summed E-state index contributed by atoms with van der Waals surface area (Å²) < 4.78 is 0. The van der Waals surface area contributed by atoms with Crippen LogP contribution in [0.4, 0.5) is 0 Å². The Morgan fingerprint density at radius 3 is 2.67 bits per heavy atom. The molecule has 3 heteroatoms. The largest absolute Gasteiger partial charge is 0.302 e. The van der Waals surface area contributed by atoms with Crippen LogP contribution in [0.2, 0.25) is 0 Å². The van der Waals surface area contributed by atoms with Gasteiger partial charge in [-0.25, -0.2) is 5.48 Å². The van der Waals surface area contributed by atoms with Gasteiger partial charge in [-0.1, -0.05) is 13.8 Å². The first kappa shape index (κ1) is 12.3. The molecular weight excluding hydrogens is 170 g/mol. The Hall–Kier alpha value is 0.270. The van der Waals surface area contributed by atoms with Crippen LogP contribution in [0.25, 0.3) is 0 Å². The number of unbranched alkanes of at least 4 members (excludes halogenated alkanes) is 1. The second-order valence-corrected chi connectivity index (χ2v) is 4.28. The molecule has 0 saturated heterocycles. The van der Waals surface area contributed by atoms with Crippen LogP contribution in [0.15, 0.2) is 0 Å². The fourth-order valence-corrected chi connectivity index (χ4v) is 1.23. The van der Waals surface area contributed by atoms with Crippen molar-refractivity contribution in [2.45, 2.75) is 26.7 Å². The Balaban J connectivity index is 2.82. The van der Waals surface area contributed by atoms with Crippen molar-refractivity contribution in [1.82, 2.24) is 5.48 Å². The average molecular weight is 191 g/mol. The maximum atomic E-state index is 5.22. The molecule has 0 unspecified atom stereocenters. The van der Waals surface area contributed by atoms with Gasteiger partial charge in [0.1, 0.15) is 0 Å². The van der Waals surface area contributed by atoms with Crippen LogP contribution in [0, 0.1) is 5.92 Å². The average Bonchev–Trinajstić information content (AvgIpc) is 2.02. The fraction of sp³-hybridized carbons (Fsp3) is 1.00. The van der Waals surface area contributed by atoms with Gasteiger partial charge >= 0.3 is 0 Å². The summed E-state index contributed by atoms with van der Waals surface area (Å²) in [6.07, 6.45) is 4.63. The molecule has 0 aromatic rings. The van der Waals surface area contributed by atoms with Gasteiger partial charge in [0, 0.05) is 6.54 Å². The van der Waals surface area contributed by atoms with E-state index in [9.17, 15) is 0 Å². The smallest absolute Gasteiger partial charge is 0.0705 e. The molecular formula is C9H21NOS. The van der Waals surface area contributed by atoms with Crippen LogP contribution in [0.3, 0.4) is 0 Å². The summed E-state index contributed by atoms with van der Waals surface area (Å²) in [6, 6.07) is 0. The molecule has 2 nitrogen and oxygen atoms in total. The molecule has 1 N–H and O–H groups in total. The van der Waals surface area contributed by atoms with Gasteiger partial charge in [0.2, 0.25) is 0 Å². The van der Waals surface area contributed by atoms with Gasteiger partial charge in [-0.15, -0.1) is 0 Å². The van der Waals surface area contributed by atoms with E-state index in [1.54, 1.807) is 0 Å². The highest BCUT2D eigenvalue weighted by Gasteiger charge is 1.92. The Labute approximate surface area is 80.4 Å². The van der Waals surface area contributed by atoms with E-state index in [0.717, 1.165) is 13.2 Å². The van der Waals surface area contributed by atoms with E-state index in [-0.39, 0.29) is 0 Å². The van der Waals surface area contributed by atoms with Crippen LogP contribution in [-0.2, 0) is 4.84 Å². The molecule has 0 bridgehead atoms. The quantitative estimate of drug-likeness (QED) is 0.470. The van der Waals surface area contributed by atoms with E-state index in [0.29, 0.717) is 5.92 Å². The first-order valence-electron chi connectivity index (χ1n) is 4.61. The van der Waals surface area contributed by atoms with Gasteiger partial charge < -0.3 is 4.84 Å². The minimum Gasteiger partial charge on any atom is -0.302 e. The molecule has 0 fully saturated rings. The van der Waals surface area contributed by atoms with E-state index >= 15 is 0 Å². The molecule has 0 aromatic heterocycles. The minimum atomic E-state index is 0.615. The van der Waals surface area contributed by atoms with Crippen molar-refractivity contribution in [3.8, 4) is 0 Å². The Kier molecular flexibility index (Phi) is 9.57. The predicted octanol–water partition coefficient (Wildman–Crippen LogP) is 2.31. The van der Waals surface area contributed by atoms with Gasteiger partial charge in [0.05, 0.1) is 6.61 Å². The van der Waals surface area contributed by atoms with Crippen molar-refractivity contribution in [2.75, 3.05) is 25.2 Å². The van der Waals surface area contributed by atoms with Crippen molar-refractivity contribution < 1.29 is 4.84 Å². The summed E-state index contributed by atoms with van der Waals surface area (Å²) in [4.78, 5) is 5.22. The highest BCUT2D eigenvalue weighted by atomic mass is 32.2. The van der Waals surface area contributed by atoms with E-state index in [1.807, 2.05) is 11.8 Å². The van der Waals surface area contributed by atoms with Crippen molar-refractivity contribution in [3.05, 3.63) is 0 Å². The minimum absolute atomic E-state index is 0.615. The topological polar surface area (TPSA) is 21.3 Å². The van der Waals surface area contributed by atoms with Crippen LogP contribution >= 0.6 is 11.8 Å². The number of nitrogens with one attached hydrogen (secondary N) is 1. The summed E-state index contributed by atoms with van der Waals surface area (Å²) >= 11 is 1.90. The molecule has 74 valence electrons. The molecule has 0 spiro atoms. The highest BCUT2D eigenvalue weighted by Crippen LogP contribution is 1.97. The maximum absolute atomic E-state index is 5.22. The molecule has 0 aromatic carbocycles. The summed E-state index contributed by atoms with van der Waals surface area (Å²) in [7, 11) is 0. The highest BCUT2D eigenvalue weighted by molar-refractivity contribution is 7.98. The van der Waals surface area contributed by atoms with E-state index in [1.165, 1.54) is 18.6 Å². The third-order valence-corrected chi connectivity index (χ3v) is 2.09. The van der Waals surface area contributed by atoms with Crippen molar-refractivity contribution >= 4 is 11.8 Å². The molecule has 0 radical (unpaired) electrons. The SMILES string of the molecule is CSCCCCNOCC(C)C. The first-order valence-corrected chi connectivity index (χ1v) is 6.00. The molecule has 0 aliphatic rings. The summed E-state index contributed by atoms with van der Waals surface area (Å²) in [5.74, 6) is 1.87. The lowest BCUT2D eigenvalue weighted by Gasteiger charge is -2.07. The normalized spacial score (nSPS) is 11.0. The summed E-state index contributed by atoms with van der Waals surface area (Å²) in [6.45, 7) is 6.08. The van der Waals surface area contributed by atoms with Crippen LogP contribution in [0.1, 0.15) is 26.7 Å². The molecule has 0 heterocycles. The number of thioether (sulfide) groups is 1. The van der Waals surface area contributed by atoms with Crippen molar-refractivity contribution in [2.24, 2.45) is 5.92 Å². The third kappa shape index (κ3) is 10.3. The van der Waals surface area contributed by atoms with Gasteiger partial charge in [-0.3, -0.25) is 0 Å². The Morgan fingerprint density at radius 1 is 1.33 bits per heavy atom. The molecule has 0 aliphatic carbocycles. The van der Waals surface area contributed by atoms with E-state index in [2.05, 4.69) is 25.6 Å². The van der Waals surface area contributed by atoms with Crippen LogP contribution in [0.5, 0.6) is 0 Å². The molecule has 0 rings (SSSR count). The summed E-state index contributed by atoms with van der Waals surface area (Å²) in [5, 5.41) is 0. The third-order valence-electron chi connectivity index (χ3n) is 1.40. The monoisotopic (exact) mass is 191 g/mol. The second-order valence-electron chi connectivity index (χ2n) is 3.30. The molecule has 0 aliphatic heterocycles. The van der Waals surface area contributed by atoms with Crippen molar-refractivity contribution in [3.63, 3.8) is 0 Å². The van der Waals surface area contributed by atoms with Gasteiger partial charge in [0.15, 0.2) is 0 Å².